The summed E-state index contributed by atoms with van der Waals surface area (Å²) >= 11 is 1.26. The van der Waals surface area contributed by atoms with Gasteiger partial charge in [0.15, 0.2) is 0 Å². The fourth-order valence-corrected chi connectivity index (χ4v) is 2.35. The van der Waals surface area contributed by atoms with Gasteiger partial charge in [0.05, 0.1) is 19.6 Å². The molecule has 0 aliphatic carbocycles. The van der Waals surface area contributed by atoms with Crippen molar-refractivity contribution in [1.82, 2.24) is 14.7 Å². The van der Waals surface area contributed by atoms with E-state index < -0.39 is 12.0 Å². The molecule has 6 nitrogen and oxygen atoms in total. The Bertz CT molecular complexity index is 627. The second-order valence-corrected chi connectivity index (χ2v) is 5.42. The van der Waals surface area contributed by atoms with Crippen molar-refractivity contribution in [1.29, 1.82) is 0 Å². The number of carbonyl (C=O) groups excluding carboxylic acids is 2. The molecule has 0 spiro atoms. The fourth-order valence-electron chi connectivity index (χ4n) is 1.80. The minimum atomic E-state index is -0.477. The summed E-state index contributed by atoms with van der Waals surface area (Å²) in [5, 5.41) is 2.80. The molecule has 2 aromatic heterocycles. The molecule has 1 amide bonds. The smallest absolute Gasteiger partial charge is 0.307 e. The minimum absolute atomic E-state index is 0.0510. The Balaban J connectivity index is 2.16. The third-order valence-electron chi connectivity index (χ3n) is 2.87. The van der Waals surface area contributed by atoms with Gasteiger partial charge in [0.25, 0.3) is 5.91 Å². The quantitative estimate of drug-likeness (QED) is 0.853. The van der Waals surface area contributed by atoms with Crippen LogP contribution < -0.4 is 5.32 Å². The van der Waals surface area contributed by atoms with Gasteiger partial charge in [-0.2, -0.15) is 4.37 Å². The molecule has 0 aromatic carbocycles. The minimum Gasteiger partial charge on any atom is -0.469 e. The van der Waals surface area contributed by atoms with Crippen LogP contribution in [0, 0.1) is 6.92 Å². The number of esters is 1. The van der Waals surface area contributed by atoms with Crippen LogP contribution in [-0.4, -0.2) is 28.3 Å². The van der Waals surface area contributed by atoms with Crippen molar-refractivity contribution in [2.24, 2.45) is 0 Å². The number of rotatable bonds is 5. The van der Waals surface area contributed by atoms with Gasteiger partial charge in [-0.25, -0.2) is 0 Å². The first kappa shape index (κ1) is 15.1. The van der Waals surface area contributed by atoms with E-state index in [2.05, 4.69) is 19.4 Å². The highest BCUT2D eigenvalue weighted by Crippen LogP contribution is 2.18. The summed E-state index contributed by atoms with van der Waals surface area (Å²) in [6.45, 7) is 1.88. The molecule has 2 rings (SSSR count). The molecule has 0 aliphatic heterocycles. The molecule has 0 fully saturated rings. The Morgan fingerprint density at radius 3 is 2.67 bits per heavy atom. The van der Waals surface area contributed by atoms with Gasteiger partial charge in [0, 0.05) is 17.3 Å². The summed E-state index contributed by atoms with van der Waals surface area (Å²) in [5.74, 6) is -0.711. The van der Waals surface area contributed by atoms with Crippen LogP contribution in [0.25, 0.3) is 0 Å². The van der Waals surface area contributed by atoms with Crippen LogP contribution in [0.15, 0.2) is 30.6 Å². The number of nitrogens with zero attached hydrogens (tertiary/aromatic N) is 2. The maximum Gasteiger partial charge on any atom is 0.307 e. The van der Waals surface area contributed by atoms with Gasteiger partial charge in [-0.05, 0) is 42.2 Å². The zero-order valence-electron chi connectivity index (χ0n) is 11.7. The third kappa shape index (κ3) is 4.09. The molecule has 1 atom stereocenters. The lowest BCUT2D eigenvalue weighted by molar-refractivity contribution is -0.141. The molecule has 110 valence electrons. The average molecular weight is 305 g/mol. The zero-order valence-corrected chi connectivity index (χ0v) is 12.5. The summed E-state index contributed by atoms with van der Waals surface area (Å²) < 4.78 is 8.74. The Kier molecular flexibility index (Phi) is 4.99. The van der Waals surface area contributed by atoms with E-state index in [1.165, 1.54) is 18.6 Å². The van der Waals surface area contributed by atoms with Gasteiger partial charge in [-0.15, -0.1) is 0 Å². The van der Waals surface area contributed by atoms with Crippen molar-refractivity contribution in [2.75, 3.05) is 7.11 Å². The Labute approximate surface area is 126 Å². The van der Waals surface area contributed by atoms with Crippen LogP contribution in [0.5, 0.6) is 0 Å². The van der Waals surface area contributed by atoms with Crippen LogP contribution in [0.1, 0.15) is 33.4 Å². The number of nitrogens with one attached hydrogen (secondary N) is 1. The van der Waals surface area contributed by atoms with E-state index in [1.54, 1.807) is 30.6 Å². The maximum absolute atomic E-state index is 12.2. The molecule has 7 heteroatoms. The molecule has 21 heavy (non-hydrogen) atoms. The van der Waals surface area contributed by atoms with E-state index >= 15 is 0 Å². The number of ether oxygens (including phenoxy) is 1. The van der Waals surface area contributed by atoms with Crippen molar-refractivity contribution in [3.05, 3.63) is 46.7 Å². The topological polar surface area (TPSA) is 81.2 Å². The monoisotopic (exact) mass is 305 g/mol. The van der Waals surface area contributed by atoms with Crippen molar-refractivity contribution in [2.45, 2.75) is 19.4 Å². The molecule has 2 heterocycles. The van der Waals surface area contributed by atoms with Gasteiger partial charge < -0.3 is 10.1 Å². The average Bonchev–Trinajstić information content (AvgIpc) is 2.94. The molecule has 0 bridgehead atoms. The van der Waals surface area contributed by atoms with Gasteiger partial charge in [0.1, 0.15) is 5.69 Å². The third-order valence-corrected chi connectivity index (χ3v) is 3.57. The highest BCUT2D eigenvalue weighted by Gasteiger charge is 2.20. The molecular weight excluding hydrogens is 290 g/mol. The van der Waals surface area contributed by atoms with Crippen molar-refractivity contribution >= 4 is 23.4 Å². The number of amides is 1. The standard InChI is InChI=1S/C14H15N3O3S/c1-9-7-12(17-21-9)14(19)16-11(8-13(18)20-2)10-3-5-15-6-4-10/h3-7,11H,8H2,1-2H3,(H,16,19)/t11-/m0/s1. The molecule has 1 N–H and O–H groups in total. The number of aromatic nitrogens is 2. The van der Waals surface area contributed by atoms with Gasteiger partial charge >= 0.3 is 5.97 Å². The molecule has 0 unspecified atom stereocenters. The van der Waals surface area contributed by atoms with E-state index in [0.29, 0.717) is 5.69 Å². The second kappa shape index (κ2) is 6.94. The molecule has 0 saturated carbocycles. The van der Waals surface area contributed by atoms with Crippen molar-refractivity contribution in [3.8, 4) is 0 Å². The van der Waals surface area contributed by atoms with E-state index in [1.807, 2.05) is 6.92 Å². The number of hydrogen-bond acceptors (Lipinski definition) is 6. The van der Waals surface area contributed by atoms with Crippen LogP contribution >= 0.6 is 11.5 Å². The van der Waals surface area contributed by atoms with Crippen LogP contribution in [-0.2, 0) is 9.53 Å². The number of carbonyl (C=O) groups is 2. The molecule has 0 saturated heterocycles. The van der Waals surface area contributed by atoms with E-state index in [0.717, 1.165) is 10.4 Å². The highest BCUT2D eigenvalue weighted by atomic mass is 32.1. The SMILES string of the molecule is COC(=O)C[C@H](NC(=O)c1cc(C)sn1)c1ccncc1. The summed E-state index contributed by atoms with van der Waals surface area (Å²) in [7, 11) is 1.32. The molecule has 2 aromatic rings. The van der Waals surface area contributed by atoms with E-state index in [9.17, 15) is 9.59 Å². The normalized spacial score (nSPS) is 11.7. The second-order valence-electron chi connectivity index (χ2n) is 4.41. The van der Waals surface area contributed by atoms with Crippen molar-refractivity contribution in [3.63, 3.8) is 0 Å². The zero-order chi connectivity index (χ0) is 15.2. The maximum atomic E-state index is 12.2. The number of hydrogen-bond donors (Lipinski definition) is 1. The van der Waals surface area contributed by atoms with E-state index in [-0.39, 0.29) is 12.3 Å². The lowest BCUT2D eigenvalue weighted by Crippen LogP contribution is -2.30. The predicted molar refractivity (Wildman–Crippen MR) is 77.9 cm³/mol. The largest absolute Gasteiger partial charge is 0.469 e. The van der Waals surface area contributed by atoms with Crippen LogP contribution in [0.4, 0.5) is 0 Å². The van der Waals surface area contributed by atoms with E-state index in [4.69, 9.17) is 0 Å². The van der Waals surface area contributed by atoms with Crippen LogP contribution in [0.2, 0.25) is 0 Å². The van der Waals surface area contributed by atoms with Crippen LogP contribution in [0.3, 0.4) is 0 Å². The highest BCUT2D eigenvalue weighted by molar-refractivity contribution is 7.05. The lowest BCUT2D eigenvalue weighted by atomic mass is 10.1. The summed E-state index contributed by atoms with van der Waals surface area (Å²) in [6.07, 6.45) is 3.27. The Morgan fingerprint density at radius 2 is 2.10 bits per heavy atom. The Morgan fingerprint density at radius 1 is 1.38 bits per heavy atom. The summed E-state index contributed by atoms with van der Waals surface area (Å²) in [4.78, 5) is 28.6. The molecular formula is C14H15N3O3S. The van der Waals surface area contributed by atoms with Gasteiger partial charge in [-0.1, -0.05) is 0 Å². The van der Waals surface area contributed by atoms with Crippen molar-refractivity contribution < 1.29 is 14.3 Å². The summed E-state index contributed by atoms with van der Waals surface area (Å²) in [5.41, 5.74) is 1.14. The molecule has 0 aliphatic rings. The summed E-state index contributed by atoms with van der Waals surface area (Å²) in [6, 6.07) is 4.73. The van der Waals surface area contributed by atoms with Gasteiger partial charge in [-0.3, -0.25) is 14.6 Å². The predicted octanol–water partition coefficient (Wildman–Crippen LogP) is 1.88. The first-order valence-electron chi connectivity index (χ1n) is 6.31. The number of pyridine rings is 1. The Hall–Kier alpha value is -2.28. The fraction of sp³-hybridized carbons (Fsp3) is 0.286. The lowest BCUT2D eigenvalue weighted by Gasteiger charge is -2.17. The first-order valence-corrected chi connectivity index (χ1v) is 7.08. The van der Waals surface area contributed by atoms with Gasteiger partial charge in [0.2, 0.25) is 0 Å². The molecule has 0 radical (unpaired) electrons. The first-order chi connectivity index (χ1) is 10.1. The number of aryl methyl sites for hydroxylation is 1. The number of methoxy groups -OCH3 is 1.